The highest BCUT2D eigenvalue weighted by molar-refractivity contribution is 5.96. The number of pyridine rings is 1. The van der Waals surface area contributed by atoms with Crippen molar-refractivity contribution in [3.05, 3.63) is 23.3 Å². The molecule has 0 saturated carbocycles. The number of methoxy groups -OCH3 is 1. The first kappa shape index (κ1) is 11.3. The van der Waals surface area contributed by atoms with E-state index in [0.717, 1.165) is 13.3 Å². The van der Waals surface area contributed by atoms with Gasteiger partial charge in [-0.05, 0) is 0 Å². The van der Waals surface area contributed by atoms with Gasteiger partial charge in [0, 0.05) is 0 Å². The number of carbonyl (C=O) groups is 1. The van der Waals surface area contributed by atoms with Gasteiger partial charge in [0.1, 0.15) is 0 Å². The minimum absolute atomic E-state index is 0.349. The molecule has 0 atom stereocenters. The average Bonchev–Trinajstić information content (AvgIpc) is 2.19. The lowest BCUT2D eigenvalue weighted by molar-refractivity contribution is 0.0588. The molecule has 2 N–H and O–H groups in total. The van der Waals surface area contributed by atoms with Gasteiger partial charge >= 0.3 is 5.97 Å². The lowest BCUT2D eigenvalue weighted by Gasteiger charge is -2.09. The predicted molar refractivity (Wildman–Crippen MR) is 44.9 cm³/mol. The Bertz CT molecular complexity index is 396. The molecule has 82 valence electrons. The second-order valence-corrected chi connectivity index (χ2v) is 2.59. The number of esters is 1. The number of hydrogen-bond acceptors (Lipinski definition) is 4. The zero-order valence-corrected chi connectivity index (χ0v) is 7.63. The van der Waals surface area contributed by atoms with Crippen LogP contribution in [0.3, 0.4) is 0 Å². The molecule has 1 aromatic rings. The van der Waals surface area contributed by atoms with Crippen LogP contribution in [0, 0.1) is 5.95 Å². The second-order valence-electron chi connectivity index (χ2n) is 2.59. The molecule has 0 aliphatic rings. The van der Waals surface area contributed by atoms with Crippen LogP contribution in [0.1, 0.15) is 22.3 Å². The van der Waals surface area contributed by atoms with Crippen molar-refractivity contribution in [1.29, 1.82) is 0 Å². The van der Waals surface area contributed by atoms with Crippen LogP contribution < -0.4 is 5.73 Å². The van der Waals surface area contributed by atoms with Gasteiger partial charge in [-0.1, -0.05) is 0 Å². The number of alkyl halides is 2. The third-order valence-corrected chi connectivity index (χ3v) is 1.70. The molecular formula is C8H7F3N2O2. The van der Waals surface area contributed by atoms with Crippen LogP contribution in [0.25, 0.3) is 0 Å². The van der Waals surface area contributed by atoms with Crippen molar-refractivity contribution in [2.45, 2.75) is 6.43 Å². The van der Waals surface area contributed by atoms with Gasteiger partial charge in [0.15, 0.2) is 0 Å². The fraction of sp³-hybridized carbons (Fsp3) is 0.250. The summed E-state index contributed by atoms with van der Waals surface area (Å²) < 4.78 is 42.0. The van der Waals surface area contributed by atoms with Gasteiger partial charge in [-0.15, -0.1) is 0 Å². The molecule has 7 heteroatoms. The van der Waals surface area contributed by atoms with Crippen LogP contribution in [0.4, 0.5) is 18.9 Å². The molecule has 0 saturated heterocycles. The van der Waals surface area contributed by atoms with Gasteiger partial charge < -0.3 is 10.5 Å². The summed E-state index contributed by atoms with van der Waals surface area (Å²) in [7, 11) is 0.982. The zero-order chi connectivity index (χ0) is 11.6. The number of ether oxygens (including phenoxy) is 1. The Morgan fingerprint density at radius 3 is 2.67 bits per heavy atom. The number of anilines is 1. The summed E-state index contributed by atoms with van der Waals surface area (Å²) in [6.07, 6.45) is -2.40. The first-order chi connectivity index (χ1) is 6.99. The largest absolute Gasteiger partial charge is 0.465 e. The van der Waals surface area contributed by atoms with E-state index >= 15 is 0 Å². The molecule has 0 spiro atoms. The minimum atomic E-state index is -3.19. The Morgan fingerprint density at radius 1 is 1.60 bits per heavy atom. The van der Waals surface area contributed by atoms with Crippen molar-refractivity contribution < 1.29 is 22.7 Å². The van der Waals surface area contributed by atoms with E-state index in [1.807, 2.05) is 0 Å². The summed E-state index contributed by atoms with van der Waals surface area (Å²) in [5.41, 5.74) is 3.07. The molecule has 1 rings (SSSR count). The number of aromatic nitrogens is 1. The average molecular weight is 220 g/mol. The highest BCUT2D eigenvalue weighted by atomic mass is 19.3. The second kappa shape index (κ2) is 4.16. The van der Waals surface area contributed by atoms with Crippen LogP contribution in [-0.4, -0.2) is 18.1 Å². The number of nitrogens with zero attached hydrogens (tertiary/aromatic N) is 1. The number of hydrogen-bond donors (Lipinski definition) is 1. The molecule has 0 aromatic carbocycles. The van der Waals surface area contributed by atoms with Crippen LogP contribution in [0.2, 0.25) is 0 Å². The van der Waals surface area contributed by atoms with Gasteiger partial charge in [-0.3, -0.25) is 0 Å². The summed E-state index contributed by atoms with van der Waals surface area (Å²) in [5, 5.41) is 0. The van der Waals surface area contributed by atoms with Crippen LogP contribution in [-0.2, 0) is 4.74 Å². The Hall–Kier alpha value is -1.79. The van der Waals surface area contributed by atoms with Crippen molar-refractivity contribution in [3.8, 4) is 0 Å². The number of nitrogen functional groups attached to an aromatic ring is 1. The molecule has 1 heterocycles. The Balaban J connectivity index is 3.45. The predicted octanol–water partition coefficient (Wildman–Crippen LogP) is 1.53. The summed E-state index contributed by atoms with van der Waals surface area (Å²) in [6, 6.07) is 0. The number of nitrogens with two attached hydrogens (primary N) is 1. The van der Waals surface area contributed by atoms with Crippen LogP contribution >= 0.6 is 0 Å². The number of rotatable bonds is 2. The van der Waals surface area contributed by atoms with Crippen molar-refractivity contribution in [3.63, 3.8) is 0 Å². The van der Waals surface area contributed by atoms with E-state index < -0.39 is 29.5 Å². The fourth-order valence-electron chi connectivity index (χ4n) is 1.05. The third kappa shape index (κ3) is 2.00. The summed E-state index contributed by atoms with van der Waals surface area (Å²) in [6.45, 7) is 0. The molecule has 0 radical (unpaired) electrons. The molecule has 1 aromatic heterocycles. The normalized spacial score (nSPS) is 10.5. The van der Waals surface area contributed by atoms with Crippen LogP contribution in [0.15, 0.2) is 6.20 Å². The Labute approximate surface area is 82.9 Å². The molecule has 0 bridgehead atoms. The van der Waals surface area contributed by atoms with E-state index in [9.17, 15) is 18.0 Å². The highest BCUT2D eigenvalue weighted by Crippen LogP contribution is 2.28. The van der Waals surface area contributed by atoms with Gasteiger partial charge in [-0.25, -0.2) is 18.6 Å². The lowest BCUT2D eigenvalue weighted by Crippen LogP contribution is -2.13. The van der Waals surface area contributed by atoms with Gasteiger partial charge in [0.05, 0.1) is 30.1 Å². The fourth-order valence-corrected chi connectivity index (χ4v) is 1.05. The van der Waals surface area contributed by atoms with Crippen molar-refractivity contribution in [1.82, 2.24) is 4.98 Å². The smallest absolute Gasteiger partial charge is 0.340 e. The van der Waals surface area contributed by atoms with E-state index in [0.29, 0.717) is 0 Å². The maximum Gasteiger partial charge on any atom is 0.340 e. The molecule has 0 fully saturated rings. The van der Waals surface area contributed by atoms with E-state index in [2.05, 4.69) is 9.72 Å². The number of halogens is 3. The standard InChI is InChI=1S/C8H7F3N2O2/c1-15-8(14)4-3(12)2-13-7(11)5(4)6(9)10/h2,6H,12H2,1H3. The molecule has 0 amide bonds. The van der Waals surface area contributed by atoms with Crippen LogP contribution in [0.5, 0.6) is 0 Å². The lowest BCUT2D eigenvalue weighted by atomic mass is 10.1. The maximum absolute atomic E-state index is 12.9. The molecule has 0 aliphatic heterocycles. The number of carbonyl (C=O) groups excluding carboxylic acids is 1. The maximum atomic E-state index is 12.9. The highest BCUT2D eigenvalue weighted by Gasteiger charge is 2.26. The zero-order valence-electron chi connectivity index (χ0n) is 7.63. The van der Waals surface area contributed by atoms with Gasteiger partial charge in [0.25, 0.3) is 6.43 Å². The van der Waals surface area contributed by atoms with Crippen molar-refractivity contribution in [2.75, 3.05) is 12.8 Å². The first-order valence-corrected chi connectivity index (χ1v) is 3.79. The van der Waals surface area contributed by atoms with Crippen molar-refractivity contribution >= 4 is 11.7 Å². The quantitative estimate of drug-likeness (QED) is 0.606. The Kier molecular flexibility index (Phi) is 3.13. The van der Waals surface area contributed by atoms with E-state index in [1.165, 1.54) is 0 Å². The van der Waals surface area contributed by atoms with E-state index in [-0.39, 0.29) is 5.69 Å². The molecule has 15 heavy (non-hydrogen) atoms. The van der Waals surface area contributed by atoms with E-state index in [1.54, 1.807) is 0 Å². The van der Waals surface area contributed by atoms with E-state index in [4.69, 9.17) is 5.73 Å². The molecule has 4 nitrogen and oxygen atoms in total. The Morgan fingerprint density at radius 2 is 2.20 bits per heavy atom. The summed E-state index contributed by atoms with van der Waals surface area (Å²) in [4.78, 5) is 14.1. The van der Waals surface area contributed by atoms with Crippen molar-refractivity contribution in [2.24, 2.45) is 0 Å². The van der Waals surface area contributed by atoms with Gasteiger partial charge in [-0.2, -0.15) is 4.39 Å². The third-order valence-electron chi connectivity index (χ3n) is 1.70. The first-order valence-electron chi connectivity index (χ1n) is 3.79. The molecular weight excluding hydrogens is 213 g/mol. The molecule has 0 unspecified atom stereocenters. The van der Waals surface area contributed by atoms with Gasteiger partial charge in [0.2, 0.25) is 5.95 Å². The summed E-state index contributed by atoms with van der Waals surface area (Å²) in [5.74, 6) is -2.55. The minimum Gasteiger partial charge on any atom is -0.465 e. The molecule has 0 aliphatic carbocycles. The topological polar surface area (TPSA) is 65.2 Å². The monoisotopic (exact) mass is 220 g/mol. The SMILES string of the molecule is COC(=O)c1c(N)cnc(F)c1C(F)F. The summed E-state index contributed by atoms with van der Waals surface area (Å²) >= 11 is 0.